The number of ether oxygens (including phenoxy) is 1. The summed E-state index contributed by atoms with van der Waals surface area (Å²) < 4.78 is 5.46. The Bertz CT molecular complexity index is 1070. The molecule has 0 N–H and O–H groups in total. The maximum Gasteiger partial charge on any atom is 0.233 e. The molecule has 0 aliphatic carbocycles. The molecule has 1 saturated heterocycles. The molecule has 2 aromatic carbocycles. The van der Waals surface area contributed by atoms with E-state index in [1.165, 1.54) is 17.3 Å². The first-order valence-electron chi connectivity index (χ1n) is 11.6. The van der Waals surface area contributed by atoms with E-state index in [1.807, 2.05) is 29.2 Å². The van der Waals surface area contributed by atoms with E-state index in [0.717, 1.165) is 66.6 Å². The van der Waals surface area contributed by atoms with Gasteiger partial charge in [0, 0.05) is 31.6 Å². The van der Waals surface area contributed by atoms with Gasteiger partial charge in [-0.05, 0) is 25.0 Å². The minimum absolute atomic E-state index is 0.139. The highest BCUT2D eigenvalue weighted by molar-refractivity contribution is 8.00. The number of benzene rings is 2. The van der Waals surface area contributed by atoms with Gasteiger partial charge in [0.05, 0.1) is 31.0 Å². The molecule has 0 bridgehead atoms. The van der Waals surface area contributed by atoms with Crippen LogP contribution in [0, 0.1) is 6.92 Å². The molecule has 7 heteroatoms. The molecule has 2 heterocycles. The third kappa shape index (κ3) is 6.53. The van der Waals surface area contributed by atoms with Gasteiger partial charge in [0.1, 0.15) is 10.9 Å². The van der Waals surface area contributed by atoms with Crippen LogP contribution >= 0.6 is 11.8 Å². The zero-order valence-electron chi connectivity index (χ0n) is 19.5. The number of para-hydroxylation sites is 1. The highest BCUT2D eigenvalue weighted by atomic mass is 32.2. The van der Waals surface area contributed by atoms with E-state index in [9.17, 15) is 4.79 Å². The fourth-order valence-corrected chi connectivity index (χ4v) is 4.87. The molecule has 3 aromatic rings. The van der Waals surface area contributed by atoms with Crippen LogP contribution < -0.4 is 0 Å². The van der Waals surface area contributed by atoms with E-state index in [4.69, 9.17) is 14.7 Å². The number of carbonyl (C=O) groups excluding carboxylic acids is 1. The van der Waals surface area contributed by atoms with Crippen molar-refractivity contribution in [2.24, 2.45) is 0 Å². The number of carbonyl (C=O) groups is 1. The van der Waals surface area contributed by atoms with Crippen molar-refractivity contribution >= 4 is 28.6 Å². The van der Waals surface area contributed by atoms with E-state index in [0.29, 0.717) is 18.8 Å². The largest absolute Gasteiger partial charge is 0.379 e. The van der Waals surface area contributed by atoms with Gasteiger partial charge in [-0.25, -0.2) is 9.97 Å². The van der Waals surface area contributed by atoms with Gasteiger partial charge in [0.2, 0.25) is 5.91 Å². The van der Waals surface area contributed by atoms with Gasteiger partial charge in [-0.15, -0.1) is 0 Å². The van der Waals surface area contributed by atoms with Crippen LogP contribution in [0.5, 0.6) is 0 Å². The molecule has 4 rings (SSSR count). The number of rotatable bonds is 9. The summed E-state index contributed by atoms with van der Waals surface area (Å²) in [5.74, 6) is 1.31. The summed E-state index contributed by atoms with van der Waals surface area (Å²) in [7, 11) is 0. The van der Waals surface area contributed by atoms with Gasteiger partial charge in [0.15, 0.2) is 0 Å². The lowest BCUT2D eigenvalue weighted by molar-refractivity contribution is -0.129. The van der Waals surface area contributed by atoms with Crippen molar-refractivity contribution in [2.45, 2.75) is 38.4 Å². The standard InChI is InChI=1S/C26H32N4O2S/c1-3-12-30(17-21-10-8-20(2)9-11-21)25(31)19-33-26-22-6-4-5-7-23(22)27-24(28-26)18-29-13-15-32-16-14-29/h4-11H,3,12-19H2,1-2H3. The quantitative estimate of drug-likeness (QED) is 0.348. The Hall–Kier alpha value is -2.48. The second-order valence-corrected chi connectivity index (χ2v) is 9.40. The van der Waals surface area contributed by atoms with Crippen LogP contribution in [0.25, 0.3) is 10.9 Å². The molecule has 0 saturated carbocycles. The average molecular weight is 465 g/mol. The Morgan fingerprint density at radius 1 is 1.09 bits per heavy atom. The molecule has 1 aliphatic heterocycles. The fraction of sp³-hybridized carbons (Fsp3) is 0.423. The van der Waals surface area contributed by atoms with E-state index in [1.54, 1.807) is 0 Å². The molecule has 1 fully saturated rings. The number of fused-ring (bicyclic) bond motifs is 1. The maximum atomic E-state index is 13.2. The summed E-state index contributed by atoms with van der Waals surface area (Å²) in [5, 5.41) is 1.88. The summed E-state index contributed by atoms with van der Waals surface area (Å²) in [5.41, 5.74) is 3.31. The van der Waals surface area contributed by atoms with Gasteiger partial charge < -0.3 is 9.64 Å². The summed E-state index contributed by atoms with van der Waals surface area (Å²) in [6, 6.07) is 16.5. The third-order valence-electron chi connectivity index (χ3n) is 5.76. The zero-order valence-corrected chi connectivity index (χ0v) is 20.3. The number of aromatic nitrogens is 2. The van der Waals surface area contributed by atoms with Gasteiger partial charge in [-0.1, -0.05) is 66.7 Å². The molecular weight excluding hydrogens is 432 g/mol. The lowest BCUT2D eigenvalue weighted by Crippen LogP contribution is -2.36. The molecule has 1 amide bonds. The van der Waals surface area contributed by atoms with Crippen molar-refractivity contribution in [3.8, 4) is 0 Å². The normalized spacial score (nSPS) is 14.5. The topological polar surface area (TPSA) is 58.6 Å². The number of nitrogens with zero attached hydrogens (tertiary/aromatic N) is 4. The van der Waals surface area contributed by atoms with Crippen LogP contribution in [-0.2, 0) is 22.6 Å². The predicted molar refractivity (Wildman–Crippen MR) is 133 cm³/mol. The van der Waals surface area contributed by atoms with Crippen molar-refractivity contribution in [2.75, 3.05) is 38.6 Å². The molecule has 0 unspecified atom stereocenters. The molecule has 0 atom stereocenters. The van der Waals surface area contributed by atoms with Gasteiger partial charge in [-0.2, -0.15) is 0 Å². The number of morpholine rings is 1. The lowest BCUT2D eigenvalue weighted by Gasteiger charge is -2.26. The first kappa shape index (κ1) is 23.7. The van der Waals surface area contributed by atoms with E-state index in [2.05, 4.69) is 43.0 Å². The highest BCUT2D eigenvalue weighted by Gasteiger charge is 2.18. The van der Waals surface area contributed by atoms with Crippen LogP contribution in [0.2, 0.25) is 0 Å². The monoisotopic (exact) mass is 464 g/mol. The van der Waals surface area contributed by atoms with Crippen molar-refractivity contribution in [3.05, 3.63) is 65.5 Å². The summed E-state index contributed by atoms with van der Waals surface area (Å²) >= 11 is 1.52. The summed E-state index contributed by atoms with van der Waals surface area (Å²) in [4.78, 5) is 27.1. The van der Waals surface area contributed by atoms with Gasteiger partial charge in [-0.3, -0.25) is 9.69 Å². The minimum Gasteiger partial charge on any atom is -0.379 e. The Kier molecular flexibility index (Phi) is 8.31. The van der Waals surface area contributed by atoms with Crippen molar-refractivity contribution in [1.29, 1.82) is 0 Å². The van der Waals surface area contributed by atoms with Crippen LogP contribution in [0.15, 0.2) is 53.6 Å². The first-order valence-corrected chi connectivity index (χ1v) is 12.6. The molecule has 1 aromatic heterocycles. The number of aryl methyl sites for hydroxylation is 1. The summed E-state index contributed by atoms with van der Waals surface area (Å²) in [6.07, 6.45) is 0.933. The number of hydrogen-bond donors (Lipinski definition) is 0. The van der Waals surface area contributed by atoms with Crippen molar-refractivity contribution < 1.29 is 9.53 Å². The molecule has 174 valence electrons. The maximum absolute atomic E-state index is 13.2. The second-order valence-electron chi connectivity index (χ2n) is 8.44. The van der Waals surface area contributed by atoms with E-state index < -0.39 is 0 Å². The van der Waals surface area contributed by atoms with Crippen LogP contribution in [0.4, 0.5) is 0 Å². The molecule has 33 heavy (non-hydrogen) atoms. The van der Waals surface area contributed by atoms with Gasteiger partial charge in [0.25, 0.3) is 0 Å². The number of amides is 1. The van der Waals surface area contributed by atoms with E-state index in [-0.39, 0.29) is 5.91 Å². The van der Waals surface area contributed by atoms with Crippen LogP contribution in [0.3, 0.4) is 0 Å². The Balaban J connectivity index is 1.48. The fourth-order valence-electron chi connectivity index (χ4n) is 3.93. The minimum atomic E-state index is 0.139. The smallest absolute Gasteiger partial charge is 0.233 e. The van der Waals surface area contributed by atoms with Crippen LogP contribution in [-0.4, -0.2) is 64.3 Å². The third-order valence-corrected chi connectivity index (χ3v) is 6.73. The SMILES string of the molecule is CCCN(Cc1ccc(C)cc1)C(=O)CSc1nc(CN2CCOCC2)nc2ccccc12. The first-order chi connectivity index (χ1) is 16.1. The molecule has 1 aliphatic rings. The molecule has 0 radical (unpaired) electrons. The molecule has 0 spiro atoms. The lowest BCUT2D eigenvalue weighted by atomic mass is 10.1. The van der Waals surface area contributed by atoms with Crippen molar-refractivity contribution in [1.82, 2.24) is 19.8 Å². The Morgan fingerprint density at radius 3 is 2.61 bits per heavy atom. The number of hydrogen-bond acceptors (Lipinski definition) is 6. The average Bonchev–Trinajstić information content (AvgIpc) is 2.84. The van der Waals surface area contributed by atoms with Gasteiger partial charge >= 0.3 is 0 Å². The Morgan fingerprint density at radius 2 is 1.85 bits per heavy atom. The molecular formula is C26H32N4O2S. The Labute approximate surface area is 200 Å². The predicted octanol–water partition coefficient (Wildman–Crippen LogP) is 4.30. The second kappa shape index (κ2) is 11.6. The molecule has 6 nitrogen and oxygen atoms in total. The highest BCUT2D eigenvalue weighted by Crippen LogP contribution is 2.26. The van der Waals surface area contributed by atoms with E-state index >= 15 is 0 Å². The van der Waals surface area contributed by atoms with Crippen LogP contribution in [0.1, 0.15) is 30.3 Å². The number of thioether (sulfide) groups is 1. The van der Waals surface area contributed by atoms with Crippen molar-refractivity contribution in [3.63, 3.8) is 0 Å². The summed E-state index contributed by atoms with van der Waals surface area (Å²) in [6.45, 7) is 9.55. The zero-order chi connectivity index (χ0) is 23.0.